The van der Waals surface area contributed by atoms with Crippen molar-refractivity contribution in [2.45, 2.75) is 37.8 Å². The largest absolute Gasteiger partial charge is 0.370 e. The average molecular weight is 674 g/mol. The molecule has 42 heavy (non-hydrogen) atoms. The fourth-order valence-electron chi connectivity index (χ4n) is 5.76. The Morgan fingerprint density at radius 2 is 1.52 bits per heavy atom. The van der Waals surface area contributed by atoms with Crippen LogP contribution in [0.4, 0.5) is 0 Å². The highest BCUT2D eigenvalue weighted by molar-refractivity contribution is 14.1. The molecule has 0 saturated carbocycles. The van der Waals surface area contributed by atoms with Crippen LogP contribution in [0.3, 0.4) is 0 Å². The van der Waals surface area contributed by atoms with E-state index in [-0.39, 0.29) is 29.9 Å². The van der Waals surface area contributed by atoms with E-state index in [1.165, 1.54) is 0 Å². The van der Waals surface area contributed by atoms with Gasteiger partial charge in [0.1, 0.15) is 0 Å². The van der Waals surface area contributed by atoms with E-state index in [0.717, 1.165) is 25.5 Å². The van der Waals surface area contributed by atoms with Crippen molar-refractivity contribution < 1.29 is 9.59 Å². The number of rotatable bonds is 9. The molecule has 1 heterocycles. The van der Waals surface area contributed by atoms with E-state index in [1.807, 2.05) is 70.5 Å². The minimum Gasteiger partial charge on any atom is -0.370 e. The molecule has 8 heteroatoms. The minimum atomic E-state index is -0.155. The van der Waals surface area contributed by atoms with E-state index in [2.05, 4.69) is 64.0 Å². The second kappa shape index (κ2) is 13.8. The van der Waals surface area contributed by atoms with E-state index in [4.69, 9.17) is 11.5 Å². The molecule has 2 amide bonds. The predicted molar refractivity (Wildman–Crippen MR) is 177 cm³/mol. The summed E-state index contributed by atoms with van der Waals surface area (Å²) < 4.78 is 1.01. The third-order valence-corrected chi connectivity index (χ3v) is 8.49. The Morgan fingerprint density at radius 1 is 0.786 bits per heavy atom. The van der Waals surface area contributed by atoms with Gasteiger partial charge in [-0.05, 0) is 82.0 Å². The molecular weight excluding hydrogens is 637 g/mol. The van der Waals surface area contributed by atoms with Crippen LogP contribution in [0.1, 0.15) is 34.3 Å². The molecule has 4 N–H and O–H groups in total. The number of benzene rings is 4. The molecule has 5 rings (SSSR count). The first kappa shape index (κ1) is 29.6. The summed E-state index contributed by atoms with van der Waals surface area (Å²) in [4.78, 5) is 36.1. The van der Waals surface area contributed by atoms with E-state index in [9.17, 15) is 9.59 Å². The monoisotopic (exact) mass is 673 g/mol. The van der Waals surface area contributed by atoms with Crippen LogP contribution in [-0.2, 0) is 17.6 Å². The summed E-state index contributed by atoms with van der Waals surface area (Å²) >= 11 is 2.23. The Bertz CT molecular complexity index is 1570. The van der Waals surface area contributed by atoms with Crippen LogP contribution in [0.15, 0.2) is 102 Å². The molecule has 0 aliphatic carbocycles. The zero-order valence-electron chi connectivity index (χ0n) is 23.5. The number of guanidine groups is 1. The summed E-state index contributed by atoms with van der Waals surface area (Å²) in [5, 5.41) is 2.27. The molecule has 1 fully saturated rings. The summed E-state index contributed by atoms with van der Waals surface area (Å²) in [7, 11) is 0. The molecule has 216 valence electrons. The standard InChI is InChI=1S/C34H36IN5O2/c35-29-13-6-12-28(21-29)33(42)40-23-31(19-24-8-2-1-3-9-24)39(22-30(40)14-7-17-38-34(36)37)32(41)20-25-15-16-26-10-4-5-11-27(26)18-25/h1-6,8-13,15-16,18,21,30-31H,7,14,17,19-20,22-23H2,(H4,36,37,38)/t30-,31+/m0/s1. The number of fused-ring (bicyclic) bond motifs is 1. The normalized spacial score (nSPS) is 16.8. The van der Waals surface area contributed by atoms with Crippen LogP contribution in [0, 0.1) is 3.57 Å². The lowest BCUT2D eigenvalue weighted by Gasteiger charge is -2.47. The zero-order valence-corrected chi connectivity index (χ0v) is 25.7. The second-order valence-electron chi connectivity index (χ2n) is 10.8. The molecule has 2 atom stereocenters. The van der Waals surface area contributed by atoms with Gasteiger partial charge in [0.05, 0.1) is 12.5 Å². The van der Waals surface area contributed by atoms with Gasteiger partial charge in [-0.1, -0.05) is 78.9 Å². The number of hydrogen-bond acceptors (Lipinski definition) is 3. The highest BCUT2D eigenvalue weighted by Gasteiger charge is 2.38. The molecule has 0 radical (unpaired) electrons. The number of carbonyl (C=O) groups excluding carboxylic acids is 2. The number of hydrogen-bond donors (Lipinski definition) is 2. The van der Waals surface area contributed by atoms with Gasteiger partial charge in [0.15, 0.2) is 5.96 Å². The number of nitrogens with zero attached hydrogens (tertiary/aromatic N) is 3. The number of piperazine rings is 1. The first-order valence-electron chi connectivity index (χ1n) is 14.3. The maximum atomic E-state index is 14.0. The van der Waals surface area contributed by atoms with Crippen molar-refractivity contribution in [3.05, 3.63) is 117 Å². The molecule has 0 spiro atoms. The van der Waals surface area contributed by atoms with Gasteiger partial charge in [-0.15, -0.1) is 0 Å². The van der Waals surface area contributed by atoms with Crippen molar-refractivity contribution in [3.8, 4) is 0 Å². The Kier molecular flexibility index (Phi) is 9.74. The van der Waals surface area contributed by atoms with E-state index in [1.54, 1.807) is 0 Å². The van der Waals surface area contributed by atoms with Crippen molar-refractivity contribution in [3.63, 3.8) is 0 Å². The molecule has 1 aliphatic rings. The topological polar surface area (TPSA) is 105 Å². The van der Waals surface area contributed by atoms with Gasteiger partial charge >= 0.3 is 0 Å². The first-order valence-corrected chi connectivity index (χ1v) is 15.4. The van der Waals surface area contributed by atoms with E-state index in [0.29, 0.717) is 50.9 Å². The van der Waals surface area contributed by atoms with Crippen LogP contribution >= 0.6 is 22.6 Å². The summed E-state index contributed by atoms with van der Waals surface area (Å²) in [6.45, 7) is 1.39. The van der Waals surface area contributed by atoms with E-state index >= 15 is 0 Å². The third kappa shape index (κ3) is 7.47. The van der Waals surface area contributed by atoms with Gasteiger partial charge in [-0.25, -0.2) is 0 Å². The number of aliphatic imine (C=N–C) groups is 1. The van der Waals surface area contributed by atoms with Crippen LogP contribution in [0.25, 0.3) is 10.8 Å². The minimum absolute atomic E-state index is 0.0138. The molecule has 1 aliphatic heterocycles. The summed E-state index contributed by atoms with van der Waals surface area (Å²) in [6, 6.07) is 31.9. The maximum absolute atomic E-state index is 14.0. The van der Waals surface area contributed by atoms with Gasteiger partial charge in [0, 0.05) is 34.8 Å². The van der Waals surface area contributed by atoms with Gasteiger partial charge in [0.2, 0.25) is 5.91 Å². The molecule has 4 aromatic carbocycles. The van der Waals surface area contributed by atoms with E-state index < -0.39 is 0 Å². The highest BCUT2D eigenvalue weighted by atomic mass is 127. The number of nitrogens with two attached hydrogens (primary N) is 2. The second-order valence-corrected chi connectivity index (χ2v) is 12.1. The van der Waals surface area contributed by atoms with Crippen LogP contribution in [0.5, 0.6) is 0 Å². The lowest BCUT2D eigenvalue weighted by Crippen LogP contribution is -2.62. The Balaban J connectivity index is 1.44. The quantitative estimate of drug-likeness (QED) is 0.113. The Morgan fingerprint density at radius 3 is 2.29 bits per heavy atom. The van der Waals surface area contributed by atoms with Crippen molar-refractivity contribution in [1.29, 1.82) is 0 Å². The number of carbonyl (C=O) groups is 2. The lowest BCUT2D eigenvalue weighted by atomic mass is 9.95. The SMILES string of the molecule is NC(N)=NCCC[C@H]1CN(C(=O)Cc2ccc3ccccc3c2)[C@H](Cc2ccccc2)CN1C(=O)c1cccc(I)c1. The summed E-state index contributed by atoms with van der Waals surface area (Å²) in [5.74, 6) is 0.113. The lowest BCUT2D eigenvalue weighted by molar-refractivity contribution is -0.136. The molecule has 0 aromatic heterocycles. The van der Waals surface area contributed by atoms with Gasteiger partial charge in [0.25, 0.3) is 5.91 Å². The first-order chi connectivity index (χ1) is 20.4. The molecule has 1 saturated heterocycles. The third-order valence-electron chi connectivity index (χ3n) is 7.82. The van der Waals surface area contributed by atoms with Crippen molar-refractivity contribution >= 4 is 51.1 Å². The van der Waals surface area contributed by atoms with Gasteiger partial charge in [-0.2, -0.15) is 0 Å². The summed E-state index contributed by atoms with van der Waals surface area (Å²) in [6.07, 6.45) is 2.36. The molecule has 4 aromatic rings. The molecular formula is C34H36IN5O2. The molecule has 7 nitrogen and oxygen atoms in total. The Labute approximate surface area is 260 Å². The van der Waals surface area contributed by atoms with Crippen LogP contribution in [0.2, 0.25) is 0 Å². The van der Waals surface area contributed by atoms with Crippen LogP contribution < -0.4 is 11.5 Å². The fourth-order valence-corrected chi connectivity index (χ4v) is 6.30. The smallest absolute Gasteiger partial charge is 0.254 e. The van der Waals surface area contributed by atoms with Gasteiger partial charge < -0.3 is 21.3 Å². The average Bonchev–Trinajstić information content (AvgIpc) is 2.99. The Hall–Kier alpha value is -3.92. The molecule has 0 unspecified atom stereocenters. The van der Waals surface area contributed by atoms with Crippen molar-refractivity contribution in [2.24, 2.45) is 16.5 Å². The molecule has 0 bridgehead atoms. The van der Waals surface area contributed by atoms with Crippen molar-refractivity contribution in [1.82, 2.24) is 9.80 Å². The number of amides is 2. The van der Waals surface area contributed by atoms with Gasteiger partial charge in [-0.3, -0.25) is 14.6 Å². The summed E-state index contributed by atoms with van der Waals surface area (Å²) in [5.41, 5.74) is 13.9. The number of halogens is 1. The highest BCUT2D eigenvalue weighted by Crippen LogP contribution is 2.26. The predicted octanol–water partition coefficient (Wildman–Crippen LogP) is 5.01. The fraction of sp³-hybridized carbons (Fsp3) is 0.265. The van der Waals surface area contributed by atoms with Crippen molar-refractivity contribution in [2.75, 3.05) is 19.6 Å². The van der Waals surface area contributed by atoms with Crippen LogP contribution in [-0.4, -0.2) is 59.3 Å². The zero-order chi connectivity index (χ0) is 29.5. The maximum Gasteiger partial charge on any atom is 0.254 e.